The lowest BCUT2D eigenvalue weighted by Crippen LogP contribution is -2.36. The van der Waals surface area contributed by atoms with E-state index in [1.54, 1.807) is 0 Å². The molecule has 4 rings (SSSR count). The molecule has 152 valence electrons. The highest BCUT2D eigenvalue weighted by atomic mass is 32.1. The summed E-state index contributed by atoms with van der Waals surface area (Å²) in [6, 6.07) is 17.5. The van der Waals surface area contributed by atoms with E-state index in [1.165, 1.54) is 17.8 Å². The highest BCUT2D eigenvalue weighted by Crippen LogP contribution is 2.41. The van der Waals surface area contributed by atoms with E-state index in [0.717, 1.165) is 47.4 Å². The summed E-state index contributed by atoms with van der Waals surface area (Å²) in [5.74, 6) is -0.173. The number of likely N-dealkylation sites (tertiary alicyclic amines) is 1. The topological polar surface area (TPSA) is 49.4 Å². The predicted octanol–water partition coefficient (Wildman–Crippen LogP) is 3.86. The fraction of sp³-hybridized carbons (Fsp3) is 0.250. The van der Waals surface area contributed by atoms with Gasteiger partial charge in [-0.15, -0.1) is 11.3 Å². The van der Waals surface area contributed by atoms with Crippen molar-refractivity contribution in [2.24, 2.45) is 0 Å². The SMILES string of the molecule is Bc1ccc(C(=O)Nc2sc(-c3ccccc3)c(C)c2C(=O)N2CCCCC2)cc1. The number of benzene rings is 2. The Morgan fingerprint density at radius 3 is 2.30 bits per heavy atom. The number of nitrogens with one attached hydrogen (secondary N) is 1. The first kappa shape index (κ1) is 20.4. The van der Waals surface area contributed by atoms with Gasteiger partial charge in [-0.2, -0.15) is 0 Å². The fourth-order valence-electron chi connectivity index (χ4n) is 3.86. The maximum absolute atomic E-state index is 13.4. The molecule has 2 heterocycles. The van der Waals surface area contributed by atoms with Crippen molar-refractivity contribution in [1.29, 1.82) is 0 Å². The molecule has 3 aromatic rings. The second kappa shape index (κ2) is 8.88. The highest BCUT2D eigenvalue weighted by molar-refractivity contribution is 7.20. The maximum Gasteiger partial charge on any atom is 0.257 e. The van der Waals surface area contributed by atoms with Gasteiger partial charge in [-0.05, 0) is 37.3 Å². The lowest BCUT2D eigenvalue weighted by atomic mass is 9.95. The number of thiophene rings is 1. The van der Waals surface area contributed by atoms with E-state index in [9.17, 15) is 9.59 Å². The second-order valence-corrected chi connectivity index (χ2v) is 8.82. The maximum atomic E-state index is 13.4. The van der Waals surface area contributed by atoms with Crippen LogP contribution in [0.2, 0.25) is 0 Å². The summed E-state index contributed by atoms with van der Waals surface area (Å²) in [5.41, 5.74) is 4.31. The van der Waals surface area contributed by atoms with Gasteiger partial charge in [0.05, 0.1) is 5.56 Å². The van der Waals surface area contributed by atoms with Crippen LogP contribution in [0.1, 0.15) is 45.5 Å². The number of rotatable bonds is 4. The van der Waals surface area contributed by atoms with Gasteiger partial charge in [0.15, 0.2) is 0 Å². The van der Waals surface area contributed by atoms with Crippen LogP contribution in [0.4, 0.5) is 5.00 Å². The molecule has 6 heteroatoms. The molecule has 1 aliphatic rings. The number of carbonyl (C=O) groups is 2. The molecule has 1 fully saturated rings. The van der Waals surface area contributed by atoms with Crippen LogP contribution in [-0.2, 0) is 0 Å². The molecule has 4 nitrogen and oxygen atoms in total. The van der Waals surface area contributed by atoms with Gasteiger partial charge in [0.2, 0.25) is 0 Å². The Bertz CT molecular complexity index is 1050. The lowest BCUT2D eigenvalue weighted by Gasteiger charge is -2.27. The number of nitrogens with zero attached hydrogens (tertiary/aromatic N) is 1. The molecule has 1 aromatic heterocycles. The zero-order chi connectivity index (χ0) is 21.1. The largest absolute Gasteiger partial charge is 0.339 e. The molecule has 1 N–H and O–H groups in total. The lowest BCUT2D eigenvalue weighted by molar-refractivity contribution is 0.0725. The summed E-state index contributed by atoms with van der Waals surface area (Å²) >= 11 is 1.48. The van der Waals surface area contributed by atoms with Crippen LogP contribution in [0, 0.1) is 6.92 Å². The van der Waals surface area contributed by atoms with Gasteiger partial charge in [-0.25, -0.2) is 0 Å². The molecule has 30 heavy (non-hydrogen) atoms. The Morgan fingerprint density at radius 1 is 0.967 bits per heavy atom. The summed E-state index contributed by atoms with van der Waals surface area (Å²) in [5, 5.41) is 3.66. The number of anilines is 1. The van der Waals surface area contributed by atoms with Crippen molar-refractivity contribution >= 4 is 41.5 Å². The molecule has 0 radical (unpaired) electrons. The van der Waals surface area contributed by atoms with Crippen molar-refractivity contribution < 1.29 is 9.59 Å². The van der Waals surface area contributed by atoms with Crippen molar-refractivity contribution in [3.05, 3.63) is 71.3 Å². The third-order valence-corrected chi connectivity index (χ3v) is 6.84. The third kappa shape index (κ3) is 4.19. The molecular formula is C24H25BN2O2S. The fourth-order valence-corrected chi connectivity index (χ4v) is 5.06. The smallest absolute Gasteiger partial charge is 0.257 e. The van der Waals surface area contributed by atoms with Crippen molar-refractivity contribution in [2.45, 2.75) is 26.2 Å². The first-order valence-corrected chi connectivity index (χ1v) is 11.2. The van der Waals surface area contributed by atoms with Crippen LogP contribution in [0.15, 0.2) is 54.6 Å². The van der Waals surface area contributed by atoms with Gasteiger partial charge >= 0.3 is 0 Å². The first-order chi connectivity index (χ1) is 14.5. The van der Waals surface area contributed by atoms with Crippen LogP contribution in [0.3, 0.4) is 0 Å². The molecule has 0 aliphatic carbocycles. The molecule has 2 aromatic carbocycles. The van der Waals surface area contributed by atoms with E-state index in [-0.39, 0.29) is 11.8 Å². The van der Waals surface area contributed by atoms with Gasteiger partial charge in [-0.3, -0.25) is 9.59 Å². The zero-order valence-electron chi connectivity index (χ0n) is 17.4. The standard InChI is InChI=1S/C24H25BN2O2S/c1-16-20(24(29)27-14-6-3-7-15-27)23(30-21(16)17-8-4-2-5-9-17)26-22(28)18-10-12-19(25)13-11-18/h2,4-5,8-13H,3,6-7,14-15,25H2,1H3,(H,26,28). The number of hydrogen-bond acceptors (Lipinski definition) is 3. The summed E-state index contributed by atoms with van der Waals surface area (Å²) in [6.07, 6.45) is 3.23. The third-order valence-electron chi connectivity index (χ3n) is 5.58. The van der Waals surface area contributed by atoms with E-state index < -0.39 is 0 Å². The summed E-state index contributed by atoms with van der Waals surface area (Å²) in [4.78, 5) is 29.3. The minimum atomic E-state index is -0.191. The molecule has 1 aliphatic heterocycles. The van der Waals surface area contributed by atoms with E-state index in [4.69, 9.17) is 0 Å². The van der Waals surface area contributed by atoms with Gasteiger partial charge < -0.3 is 10.2 Å². The molecule has 0 unspecified atom stereocenters. The molecular weight excluding hydrogens is 391 g/mol. The average Bonchev–Trinajstić information content (AvgIpc) is 3.10. The van der Waals surface area contributed by atoms with Crippen LogP contribution in [0.25, 0.3) is 10.4 Å². The van der Waals surface area contributed by atoms with Crippen LogP contribution < -0.4 is 10.8 Å². The van der Waals surface area contributed by atoms with Crippen LogP contribution >= 0.6 is 11.3 Å². The van der Waals surface area contributed by atoms with Crippen molar-refractivity contribution in [1.82, 2.24) is 4.90 Å². The Kier molecular flexibility index (Phi) is 6.04. The van der Waals surface area contributed by atoms with Crippen molar-refractivity contribution in [2.75, 3.05) is 18.4 Å². The van der Waals surface area contributed by atoms with Crippen molar-refractivity contribution in [3.63, 3.8) is 0 Å². The minimum Gasteiger partial charge on any atom is -0.339 e. The van der Waals surface area contributed by atoms with E-state index in [1.807, 2.05) is 74.3 Å². The average molecular weight is 416 g/mol. The van der Waals surface area contributed by atoms with Crippen LogP contribution in [0.5, 0.6) is 0 Å². The Labute approximate surface area is 182 Å². The molecule has 2 amide bonds. The first-order valence-electron chi connectivity index (χ1n) is 10.4. The van der Waals surface area contributed by atoms with Gasteiger partial charge in [0.1, 0.15) is 12.8 Å². The summed E-state index contributed by atoms with van der Waals surface area (Å²) < 4.78 is 0. The second-order valence-electron chi connectivity index (χ2n) is 7.80. The minimum absolute atomic E-state index is 0.0184. The van der Waals surface area contributed by atoms with E-state index in [2.05, 4.69) is 5.32 Å². The molecule has 1 saturated heterocycles. The molecule has 0 spiro atoms. The zero-order valence-corrected chi connectivity index (χ0v) is 18.2. The normalized spacial score (nSPS) is 13.8. The Morgan fingerprint density at radius 2 is 1.63 bits per heavy atom. The van der Waals surface area contributed by atoms with Crippen LogP contribution in [-0.4, -0.2) is 37.7 Å². The number of hydrogen-bond donors (Lipinski definition) is 1. The highest BCUT2D eigenvalue weighted by Gasteiger charge is 2.27. The molecule has 0 saturated carbocycles. The summed E-state index contributed by atoms with van der Waals surface area (Å²) in [7, 11) is 1.99. The molecule has 0 bridgehead atoms. The van der Waals surface area contributed by atoms with Gasteiger partial charge in [0.25, 0.3) is 11.8 Å². The number of amides is 2. The van der Waals surface area contributed by atoms with E-state index in [0.29, 0.717) is 16.1 Å². The van der Waals surface area contributed by atoms with Gasteiger partial charge in [0, 0.05) is 23.5 Å². The Balaban J connectivity index is 1.72. The number of carbonyl (C=O) groups excluding carboxylic acids is 2. The summed E-state index contributed by atoms with van der Waals surface area (Å²) in [6.45, 7) is 3.54. The quantitative estimate of drug-likeness (QED) is 0.657. The Hall–Kier alpha value is -2.86. The van der Waals surface area contributed by atoms with E-state index >= 15 is 0 Å². The monoisotopic (exact) mass is 416 g/mol. The predicted molar refractivity (Wildman–Crippen MR) is 127 cm³/mol. The number of piperidine rings is 1. The molecule has 0 atom stereocenters. The van der Waals surface area contributed by atoms with Crippen molar-refractivity contribution in [3.8, 4) is 10.4 Å². The van der Waals surface area contributed by atoms with Gasteiger partial charge in [-0.1, -0.05) is 60.1 Å².